The predicted octanol–water partition coefficient (Wildman–Crippen LogP) is 3.36. The van der Waals surface area contributed by atoms with Crippen molar-refractivity contribution in [2.24, 2.45) is 0 Å². The van der Waals surface area contributed by atoms with Crippen LogP contribution in [0.2, 0.25) is 0 Å². The summed E-state index contributed by atoms with van der Waals surface area (Å²) in [7, 11) is 0. The molecule has 0 saturated carbocycles. The molecule has 0 fully saturated rings. The first-order chi connectivity index (χ1) is 10.1. The number of amides is 1. The molecule has 0 atom stereocenters. The number of hydrogen-bond donors (Lipinski definition) is 1. The smallest absolute Gasteiger partial charge is 0.242 e. The summed E-state index contributed by atoms with van der Waals surface area (Å²) in [6.07, 6.45) is 0.988. The van der Waals surface area contributed by atoms with Gasteiger partial charge in [0.05, 0.1) is 6.54 Å². The molecule has 0 aliphatic carbocycles. The summed E-state index contributed by atoms with van der Waals surface area (Å²) < 4.78 is 0. The van der Waals surface area contributed by atoms with Crippen LogP contribution >= 0.6 is 11.3 Å². The molecular weight excluding hydrogens is 280 g/mol. The van der Waals surface area contributed by atoms with E-state index in [4.69, 9.17) is 0 Å². The number of thiophene rings is 1. The van der Waals surface area contributed by atoms with E-state index in [2.05, 4.69) is 42.7 Å². The average molecular weight is 300 g/mol. The Morgan fingerprint density at radius 3 is 2.81 bits per heavy atom. The molecule has 0 bridgehead atoms. The van der Waals surface area contributed by atoms with E-state index in [1.807, 2.05) is 11.0 Å². The molecule has 2 aromatic rings. The Labute approximate surface area is 129 Å². The Kier molecular flexibility index (Phi) is 3.97. The van der Waals surface area contributed by atoms with Crippen molar-refractivity contribution < 1.29 is 4.79 Å². The largest absolute Gasteiger partial charge is 0.376 e. The highest BCUT2D eigenvalue weighted by Crippen LogP contribution is 2.24. The molecule has 3 nitrogen and oxygen atoms in total. The van der Waals surface area contributed by atoms with E-state index in [-0.39, 0.29) is 5.91 Å². The van der Waals surface area contributed by atoms with E-state index in [9.17, 15) is 4.79 Å². The third kappa shape index (κ3) is 2.95. The number of nitrogens with zero attached hydrogens (tertiary/aromatic N) is 1. The SMILES string of the molecule is Cc1cccc(C)c1NCC(=O)N1CCc2sccc2C1. The lowest BCUT2D eigenvalue weighted by molar-refractivity contribution is -0.130. The number of rotatable bonds is 3. The van der Waals surface area contributed by atoms with Crippen molar-refractivity contribution >= 4 is 22.9 Å². The lowest BCUT2D eigenvalue weighted by Gasteiger charge is -2.27. The predicted molar refractivity (Wildman–Crippen MR) is 87.8 cm³/mol. The monoisotopic (exact) mass is 300 g/mol. The molecule has 1 aliphatic heterocycles. The fourth-order valence-corrected chi connectivity index (χ4v) is 3.72. The van der Waals surface area contributed by atoms with Gasteiger partial charge < -0.3 is 10.2 Å². The number of nitrogens with one attached hydrogen (secondary N) is 1. The van der Waals surface area contributed by atoms with Gasteiger partial charge in [-0.2, -0.15) is 0 Å². The minimum Gasteiger partial charge on any atom is -0.376 e. The molecule has 0 spiro atoms. The van der Waals surface area contributed by atoms with E-state index in [0.29, 0.717) is 6.54 Å². The van der Waals surface area contributed by atoms with Gasteiger partial charge in [-0.15, -0.1) is 11.3 Å². The van der Waals surface area contributed by atoms with Crippen molar-refractivity contribution in [1.82, 2.24) is 4.90 Å². The van der Waals surface area contributed by atoms with E-state index in [1.54, 1.807) is 11.3 Å². The van der Waals surface area contributed by atoms with Crippen LogP contribution in [-0.2, 0) is 17.8 Å². The Hall–Kier alpha value is -1.81. The van der Waals surface area contributed by atoms with Crippen LogP contribution in [0.3, 0.4) is 0 Å². The number of hydrogen-bond acceptors (Lipinski definition) is 3. The molecule has 1 N–H and O–H groups in total. The van der Waals surface area contributed by atoms with E-state index < -0.39 is 0 Å². The third-order valence-corrected chi connectivity index (χ3v) is 5.08. The highest BCUT2D eigenvalue weighted by atomic mass is 32.1. The zero-order valence-electron chi connectivity index (χ0n) is 12.5. The van der Waals surface area contributed by atoms with Gasteiger partial charge in [-0.25, -0.2) is 0 Å². The maximum atomic E-state index is 12.4. The van der Waals surface area contributed by atoms with Crippen LogP contribution < -0.4 is 5.32 Å². The average Bonchev–Trinajstić information content (AvgIpc) is 2.93. The van der Waals surface area contributed by atoms with Crippen molar-refractivity contribution in [3.8, 4) is 0 Å². The van der Waals surface area contributed by atoms with Crippen molar-refractivity contribution in [2.45, 2.75) is 26.8 Å². The minimum atomic E-state index is 0.175. The van der Waals surface area contributed by atoms with Gasteiger partial charge >= 0.3 is 0 Å². The second-order valence-corrected chi connectivity index (χ2v) is 6.56. The second kappa shape index (κ2) is 5.90. The molecule has 1 aromatic heterocycles. The first kappa shape index (κ1) is 14.1. The quantitative estimate of drug-likeness (QED) is 0.942. The van der Waals surface area contributed by atoms with Gasteiger partial charge in [0.25, 0.3) is 0 Å². The molecule has 0 saturated heterocycles. The summed E-state index contributed by atoms with van der Waals surface area (Å²) in [6, 6.07) is 8.31. The molecule has 0 radical (unpaired) electrons. The summed E-state index contributed by atoms with van der Waals surface area (Å²) >= 11 is 1.80. The third-order valence-electron chi connectivity index (χ3n) is 4.06. The molecule has 21 heavy (non-hydrogen) atoms. The summed E-state index contributed by atoms with van der Waals surface area (Å²) in [5.74, 6) is 0.175. The number of para-hydroxylation sites is 1. The van der Waals surface area contributed by atoms with Crippen LogP contribution in [0.5, 0.6) is 0 Å². The van der Waals surface area contributed by atoms with Gasteiger partial charge in [-0.05, 0) is 48.4 Å². The van der Waals surface area contributed by atoms with Gasteiger partial charge in [0, 0.05) is 23.7 Å². The molecule has 1 amide bonds. The number of carbonyl (C=O) groups is 1. The molecular formula is C17H20N2OS. The Morgan fingerprint density at radius 2 is 2.05 bits per heavy atom. The summed E-state index contributed by atoms with van der Waals surface area (Å²) in [6.45, 7) is 6.09. The lowest BCUT2D eigenvalue weighted by atomic mass is 10.1. The number of anilines is 1. The van der Waals surface area contributed by atoms with Crippen molar-refractivity contribution in [2.75, 3.05) is 18.4 Å². The highest BCUT2D eigenvalue weighted by molar-refractivity contribution is 7.10. The fraction of sp³-hybridized carbons (Fsp3) is 0.353. The second-order valence-electron chi connectivity index (χ2n) is 5.55. The zero-order valence-corrected chi connectivity index (χ0v) is 13.3. The minimum absolute atomic E-state index is 0.175. The first-order valence-corrected chi connectivity index (χ1v) is 8.16. The van der Waals surface area contributed by atoms with Crippen LogP contribution in [0.15, 0.2) is 29.6 Å². The maximum Gasteiger partial charge on any atom is 0.242 e. The number of benzene rings is 1. The Bertz CT molecular complexity index is 642. The van der Waals surface area contributed by atoms with Crippen LogP contribution in [0.4, 0.5) is 5.69 Å². The van der Waals surface area contributed by atoms with Crippen LogP contribution in [0, 0.1) is 13.8 Å². The van der Waals surface area contributed by atoms with Gasteiger partial charge in [-0.3, -0.25) is 4.79 Å². The molecule has 110 valence electrons. The molecule has 0 unspecified atom stereocenters. The van der Waals surface area contributed by atoms with E-state index in [1.165, 1.54) is 21.6 Å². The van der Waals surface area contributed by atoms with Crippen LogP contribution in [0.25, 0.3) is 0 Å². The van der Waals surface area contributed by atoms with Gasteiger partial charge in [0.2, 0.25) is 5.91 Å². The molecule has 2 heterocycles. The van der Waals surface area contributed by atoms with Crippen LogP contribution in [0.1, 0.15) is 21.6 Å². The van der Waals surface area contributed by atoms with Crippen molar-refractivity contribution in [3.05, 3.63) is 51.2 Å². The molecule has 4 heteroatoms. The van der Waals surface area contributed by atoms with Gasteiger partial charge in [0.15, 0.2) is 0 Å². The zero-order chi connectivity index (χ0) is 14.8. The fourth-order valence-electron chi connectivity index (χ4n) is 2.83. The Balaban J connectivity index is 1.63. The lowest BCUT2D eigenvalue weighted by Crippen LogP contribution is -2.38. The van der Waals surface area contributed by atoms with Gasteiger partial charge in [0.1, 0.15) is 0 Å². The highest BCUT2D eigenvalue weighted by Gasteiger charge is 2.21. The first-order valence-electron chi connectivity index (χ1n) is 7.28. The maximum absolute atomic E-state index is 12.4. The Morgan fingerprint density at radius 1 is 1.29 bits per heavy atom. The summed E-state index contributed by atoms with van der Waals surface area (Å²) in [5.41, 5.74) is 4.76. The number of carbonyl (C=O) groups excluding carboxylic acids is 1. The summed E-state index contributed by atoms with van der Waals surface area (Å²) in [4.78, 5) is 15.8. The van der Waals surface area contributed by atoms with Crippen molar-refractivity contribution in [3.63, 3.8) is 0 Å². The van der Waals surface area contributed by atoms with Crippen molar-refractivity contribution in [1.29, 1.82) is 0 Å². The number of fused-ring (bicyclic) bond motifs is 1. The molecule has 1 aromatic carbocycles. The standard InChI is InChI=1S/C17H20N2OS/c1-12-4-3-5-13(2)17(12)18-10-16(20)19-8-6-15-14(11-19)7-9-21-15/h3-5,7,9,18H,6,8,10-11H2,1-2H3. The van der Waals surface area contributed by atoms with Crippen LogP contribution in [-0.4, -0.2) is 23.9 Å². The van der Waals surface area contributed by atoms with E-state index in [0.717, 1.165) is 25.2 Å². The van der Waals surface area contributed by atoms with E-state index >= 15 is 0 Å². The molecule has 3 rings (SSSR count). The normalized spacial score (nSPS) is 13.9. The number of aryl methyl sites for hydroxylation is 2. The molecule has 1 aliphatic rings. The van der Waals surface area contributed by atoms with Gasteiger partial charge in [-0.1, -0.05) is 18.2 Å². The summed E-state index contributed by atoms with van der Waals surface area (Å²) in [5, 5.41) is 5.43. The topological polar surface area (TPSA) is 32.3 Å².